The average Bonchev–Trinajstić information content (AvgIpc) is 2.33. The maximum Gasteiger partial charge on any atom is 0.123 e. The second-order valence-corrected chi connectivity index (χ2v) is 5.87. The van der Waals surface area contributed by atoms with Crippen LogP contribution in [0.5, 0.6) is 0 Å². The van der Waals surface area contributed by atoms with E-state index in [1.165, 1.54) is 38.2 Å². The number of hydrogen-bond donors (Lipinski definition) is 1. The molecule has 1 aliphatic carbocycles. The molecule has 1 aromatic rings. The van der Waals surface area contributed by atoms with Gasteiger partial charge in [0.05, 0.1) is 0 Å². The van der Waals surface area contributed by atoms with E-state index in [1.807, 2.05) is 0 Å². The van der Waals surface area contributed by atoms with Crippen LogP contribution in [0.25, 0.3) is 0 Å². The van der Waals surface area contributed by atoms with Crippen molar-refractivity contribution in [1.29, 1.82) is 0 Å². The third-order valence-electron chi connectivity index (χ3n) is 3.67. The summed E-state index contributed by atoms with van der Waals surface area (Å²) < 4.78 is 14.1. The highest BCUT2D eigenvalue weighted by atomic mass is 79.9. The smallest absolute Gasteiger partial charge is 0.123 e. The van der Waals surface area contributed by atoms with Crippen molar-refractivity contribution < 1.29 is 4.39 Å². The molecule has 0 amide bonds. The van der Waals surface area contributed by atoms with E-state index in [1.54, 1.807) is 12.1 Å². The van der Waals surface area contributed by atoms with E-state index in [9.17, 15) is 4.39 Å². The molecule has 1 unspecified atom stereocenters. The van der Waals surface area contributed by atoms with Crippen LogP contribution in [0.15, 0.2) is 22.7 Å². The van der Waals surface area contributed by atoms with Crippen molar-refractivity contribution in [3.8, 4) is 0 Å². The Labute approximate surface area is 111 Å². The molecule has 0 aliphatic heterocycles. The quantitative estimate of drug-likeness (QED) is 0.870. The molecule has 1 aromatic carbocycles. The summed E-state index contributed by atoms with van der Waals surface area (Å²) in [4.78, 5) is 0. The Hall–Kier alpha value is -0.410. The van der Waals surface area contributed by atoms with Gasteiger partial charge >= 0.3 is 0 Å². The van der Waals surface area contributed by atoms with Crippen molar-refractivity contribution in [1.82, 2.24) is 0 Å². The number of benzene rings is 1. The van der Waals surface area contributed by atoms with Gasteiger partial charge in [0.15, 0.2) is 0 Å². The van der Waals surface area contributed by atoms with Crippen molar-refractivity contribution in [2.75, 3.05) is 0 Å². The van der Waals surface area contributed by atoms with E-state index >= 15 is 0 Å². The SMILES string of the molecule is NC(CC1CCCCC1)c1cc(F)ccc1Br. The molecule has 0 spiro atoms. The highest BCUT2D eigenvalue weighted by molar-refractivity contribution is 9.10. The largest absolute Gasteiger partial charge is 0.324 e. The molecule has 94 valence electrons. The highest BCUT2D eigenvalue weighted by Crippen LogP contribution is 2.33. The van der Waals surface area contributed by atoms with Crippen molar-refractivity contribution in [3.05, 3.63) is 34.1 Å². The molecule has 2 rings (SSSR count). The summed E-state index contributed by atoms with van der Waals surface area (Å²) in [6.45, 7) is 0. The van der Waals surface area contributed by atoms with Crippen LogP contribution in [0, 0.1) is 11.7 Å². The number of nitrogens with two attached hydrogens (primary N) is 1. The monoisotopic (exact) mass is 299 g/mol. The minimum atomic E-state index is -0.206. The van der Waals surface area contributed by atoms with Crippen LogP contribution in [0.3, 0.4) is 0 Å². The van der Waals surface area contributed by atoms with Gasteiger partial charge in [0, 0.05) is 10.5 Å². The van der Waals surface area contributed by atoms with E-state index in [4.69, 9.17) is 5.73 Å². The topological polar surface area (TPSA) is 26.0 Å². The first-order chi connectivity index (χ1) is 8.16. The van der Waals surface area contributed by atoms with Crippen LogP contribution in [0.2, 0.25) is 0 Å². The Morgan fingerprint density at radius 3 is 2.71 bits per heavy atom. The number of rotatable bonds is 3. The average molecular weight is 300 g/mol. The summed E-state index contributed by atoms with van der Waals surface area (Å²) in [7, 11) is 0. The third-order valence-corrected chi connectivity index (χ3v) is 4.39. The van der Waals surface area contributed by atoms with Crippen molar-refractivity contribution in [2.45, 2.75) is 44.6 Å². The molecule has 1 fully saturated rings. The van der Waals surface area contributed by atoms with E-state index in [2.05, 4.69) is 15.9 Å². The zero-order valence-corrected chi connectivity index (χ0v) is 11.5. The fourth-order valence-electron chi connectivity index (χ4n) is 2.71. The zero-order chi connectivity index (χ0) is 12.3. The van der Waals surface area contributed by atoms with Gasteiger partial charge < -0.3 is 5.73 Å². The van der Waals surface area contributed by atoms with Gasteiger partial charge in [-0.3, -0.25) is 0 Å². The van der Waals surface area contributed by atoms with Crippen LogP contribution in [-0.4, -0.2) is 0 Å². The summed E-state index contributed by atoms with van der Waals surface area (Å²) in [5.74, 6) is 0.510. The van der Waals surface area contributed by atoms with Gasteiger partial charge in [-0.2, -0.15) is 0 Å². The Bertz CT molecular complexity index is 374. The molecule has 0 heterocycles. The molecule has 0 saturated heterocycles. The Morgan fingerprint density at radius 1 is 1.29 bits per heavy atom. The fourth-order valence-corrected chi connectivity index (χ4v) is 3.25. The lowest BCUT2D eigenvalue weighted by Gasteiger charge is -2.25. The minimum absolute atomic E-state index is 0.0526. The van der Waals surface area contributed by atoms with Gasteiger partial charge in [-0.15, -0.1) is 0 Å². The molecular weight excluding hydrogens is 281 g/mol. The van der Waals surface area contributed by atoms with E-state index in [-0.39, 0.29) is 11.9 Å². The van der Waals surface area contributed by atoms with E-state index < -0.39 is 0 Å². The molecular formula is C14H19BrFN. The summed E-state index contributed by atoms with van der Waals surface area (Å²) in [6.07, 6.45) is 7.53. The number of hydrogen-bond acceptors (Lipinski definition) is 1. The highest BCUT2D eigenvalue weighted by Gasteiger charge is 2.19. The fraction of sp³-hybridized carbons (Fsp3) is 0.571. The molecule has 1 saturated carbocycles. The second kappa shape index (κ2) is 5.96. The maximum atomic E-state index is 13.2. The summed E-state index contributed by atoms with van der Waals surface area (Å²) in [5, 5.41) is 0. The summed E-state index contributed by atoms with van der Waals surface area (Å²) >= 11 is 3.45. The van der Waals surface area contributed by atoms with Gasteiger partial charge in [0.2, 0.25) is 0 Å². The number of halogens is 2. The van der Waals surface area contributed by atoms with E-state index in [0.29, 0.717) is 5.92 Å². The lowest BCUT2D eigenvalue weighted by Crippen LogP contribution is -2.18. The molecule has 17 heavy (non-hydrogen) atoms. The second-order valence-electron chi connectivity index (χ2n) is 5.01. The van der Waals surface area contributed by atoms with Crippen LogP contribution in [0.4, 0.5) is 4.39 Å². The van der Waals surface area contributed by atoms with Crippen molar-refractivity contribution in [2.24, 2.45) is 11.7 Å². The molecule has 2 N–H and O–H groups in total. The van der Waals surface area contributed by atoms with Gasteiger partial charge in [0.25, 0.3) is 0 Å². The van der Waals surface area contributed by atoms with E-state index in [0.717, 1.165) is 16.5 Å². The van der Waals surface area contributed by atoms with Crippen molar-refractivity contribution in [3.63, 3.8) is 0 Å². The zero-order valence-electron chi connectivity index (χ0n) is 9.96. The molecule has 0 radical (unpaired) electrons. The standard InChI is InChI=1S/C14H19BrFN/c15-13-7-6-11(16)9-12(13)14(17)8-10-4-2-1-3-5-10/h6-7,9-10,14H,1-5,8,17H2. The molecule has 3 heteroatoms. The molecule has 1 atom stereocenters. The first kappa shape index (κ1) is 13.0. The third kappa shape index (κ3) is 3.52. The van der Waals surface area contributed by atoms with Gasteiger partial charge in [0.1, 0.15) is 5.82 Å². The molecule has 1 aliphatic rings. The van der Waals surface area contributed by atoms with Crippen LogP contribution < -0.4 is 5.73 Å². The van der Waals surface area contributed by atoms with Gasteiger partial charge in [-0.1, -0.05) is 48.0 Å². The molecule has 0 bridgehead atoms. The molecule has 1 nitrogen and oxygen atoms in total. The predicted octanol–water partition coefficient (Wildman–Crippen LogP) is 4.56. The normalized spacial score (nSPS) is 19.2. The first-order valence-electron chi connectivity index (χ1n) is 6.37. The van der Waals surface area contributed by atoms with Gasteiger partial charge in [-0.25, -0.2) is 4.39 Å². The van der Waals surface area contributed by atoms with Crippen LogP contribution in [-0.2, 0) is 0 Å². The maximum absolute atomic E-state index is 13.2. The predicted molar refractivity (Wildman–Crippen MR) is 72.2 cm³/mol. The Morgan fingerprint density at radius 2 is 2.00 bits per heavy atom. The lowest BCUT2D eigenvalue weighted by atomic mass is 9.83. The Balaban J connectivity index is 2.02. The van der Waals surface area contributed by atoms with Crippen LogP contribution >= 0.6 is 15.9 Å². The first-order valence-corrected chi connectivity index (χ1v) is 7.16. The minimum Gasteiger partial charge on any atom is -0.324 e. The molecule has 0 aromatic heterocycles. The van der Waals surface area contributed by atoms with Crippen LogP contribution in [0.1, 0.15) is 50.1 Å². The summed E-state index contributed by atoms with van der Waals surface area (Å²) in [5.41, 5.74) is 7.10. The lowest BCUT2D eigenvalue weighted by molar-refractivity contribution is 0.319. The van der Waals surface area contributed by atoms with Crippen molar-refractivity contribution >= 4 is 15.9 Å². The summed E-state index contributed by atoms with van der Waals surface area (Å²) in [6, 6.07) is 4.70. The van der Waals surface area contributed by atoms with Gasteiger partial charge in [-0.05, 0) is 36.1 Å². The Kier molecular flexibility index (Phi) is 4.57.